The van der Waals surface area contributed by atoms with Crippen molar-refractivity contribution < 1.29 is 31.4 Å². The third-order valence-electron chi connectivity index (χ3n) is 3.92. The summed E-state index contributed by atoms with van der Waals surface area (Å²) in [5.74, 6) is 0.298. The molecule has 0 bridgehead atoms. The number of ether oxygens (including phenoxy) is 1. The lowest BCUT2D eigenvalue weighted by Crippen LogP contribution is -3.11. The fraction of sp³-hybridized carbons (Fsp3) is 0.562. The van der Waals surface area contributed by atoms with Crippen LogP contribution in [0.25, 0.3) is 0 Å². The van der Waals surface area contributed by atoms with Crippen LogP contribution in [0.1, 0.15) is 31.2 Å². The number of hydrogen-bond acceptors (Lipinski definition) is 2. The van der Waals surface area contributed by atoms with Crippen LogP contribution in [-0.2, 0) is 9.53 Å². The largest absolute Gasteiger partial charge is 1.00 e. The van der Waals surface area contributed by atoms with Crippen molar-refractivity contribution in [2.75, 3.05) is 26.7 Å². The first kappa shape index (κ1) is 17.2. The number of carbonyl (C=O) groups is 1. The van der Waals surface area contributed by atoms with Crippen LogP contribution in [0.2, 0.25) is 0 Å². The van der Waals surface area contributed by atoms with E-state index < -0.39 is 0 Å². The summed E-state index contributed by atoms with van der Waals surface area (Å²) in [5.41, 5.74) is 1.27. The molecular formula is C16H24BrNO2. The monoisotopic (exact) mass is 341 g/mol. The number of likely N-dealkylation sites (tertiary alicyclic amines) is 1. The average Bonchev–Trinajstić information content (AvgIpc) is 2.45. The van der Waals surface area contributed by atoms with Crippen LogP contribution in [0.4, 0.5) is 0 Å². The molecule has 1 fully saturated rings. The van der Waals surface area contributed by atoms with Crippen LogP contribution >= 0.6 is 0 Å². The van der Waals surface area contributed by atoms with E-state index in [9.17, 15) is 4.79 Å². The van der Waals surface area contributed by atoms with E-state index in [1.165, 1.54) is 10.5 Å². The Hall–Kier alpha value is -0.870. The van der Waals surface area contributed by atoms with E-state index in [4.69, 9.17) is 4.74 Å². The quantitative estimate of drug-likeness (QED) is 0.659. The van der Waals surface area contributed by atoms with Gasteiger partial charge in [0.05, 0.1) is 26.7 Å². The van der Waals surface area contributed by atoms with Crippen LogP contribution in [0.15, 0.2) is 30.3 Å². The van der Waals surface area contributed by atoms with E-state index in [-0.39, 0.29) is 28.9 Å². The van der Waals surface area contributed by atoms with Crippen LogP contribution in [0.5, 0.6) is 0 Å². The highest BCUT2D eigenvalue weighted by Gasteiger charge is 2.37. The van der Waals surface area contributed by atoms with Crippen molar-refractivity contribution in [2.45, 2.75) is 25.7 Å². The Balaban J connectivity index is 0.00000200. The molecule has 4 heteroatoms. The van der Waals surface area contributed by atoms with E-state index in [2.05, 4.69) is 31.3 Å². The van der Waals surface area contributed by atoms with Gasteiger partial charge < -0.3 is 26.6 Å². The van der Waals surface area contributed by atoms with Gasteiger partial charge in [0.25, 0.3) is 0 Å². The average molecular weight is 342 g/mol. The molecule has 1 aliphatic rings. The Bertz CT molecular complexity index is 410. The second kappa shape index (κ2) is 8.42. The summed E-state index contributed by atoms with van der Waals surface area (Å²) in [6, 6.07) is 10.4. The van der Waals surface area contributed by atoms with Crippen LogP contribution in [-0.4, -0.2) is 32.7 Å². The minimum atomic E-state index is -0.0187. The van der Waals surface area contributed by atoms with E-state index >= 15 is 0 Å². The Labute approximate surface area is 132 Å². The zero-order chi connectivity index (χ0) is 13.7. The molecule has 0 aromatic heterocycles. The molecule has 3 nitrogen and oxygen atoms in total. The SMILES string of the molecule is CCCOC(=O)C1C[NH+](C)CCC1c1ccccc1.[Br-]. The molecule has 0 radical (unpaired) electrons. The molecule has 0 spiro atoms. The summed E-state index contributed by atoms with van der Waals surface area (Å²) in [4.78, 5) is 13.7. The number of rotatable bonds is 4. The standard InChI is InChI=1S/C16H23NO2.BrH/c1-3-11-19-16(18)15-12-17(2)10-9-14(15)13-7-5-4-6-8-13;/h4-8,14-15H,3,9-12H2,1-2H3;1H. The lowest BCUT2D eigenvalue weighted by Gasteiger charge is -2.33. The van der Waals surface area contributed by atoms with Gasteiger partial charge in [-0.25, -0.2) is 0 Å². The smallest absolute Gasteiger partial charge is 0.315 e. The number of quaternary nitrogens is 1. The zero-order valence-electron chi connectivity index (χ0n) is 12.3. The van der Waals surface area contributed by atoms with Gasteiger partial charge in [-0.2, -0.15) is 0 Å². The molecule has 1 saturated heterocycles. The maximum atomic E-state index is 12.3. The number of esters is 1. The fourth-order valence-corrected chi connectivity index (χ4v) is 2.88. The van der Waals surface area contributed by atoms with Gasteiger partial charge in [0, 0.05) is 12.3 Å². The second-order valence-corrected chi connectivity index (χ2v) is 5.49. The topological polar surface area (TPSA) is 30.7 Å². The van der Waals surface area contributed by atoms with E-state index in [1.807, 2.05) is 13.0 Å². The summed E-state index contributed by atoms with van der Waals surface area (Å²) in [5, 5.41) is 0. The minimum absolute atomic E-state index is 0. The molecule has 3 atom stereocenters. The molecule has 2 rings (SSSR count). The molecule has 1 heterocycles. The van der Waals surface area contributed by atoms with Gasteiger partial charge in [0.15, 0.2) is 0 Å². The molecule has 0 amide bonds. The van der Waals surface area contributed by atoms with Gasteiger partial charge in [-0.1, -0.05) is 37.3 Å². The number of carbonyl (C=O) groups excluding carboxylic acids is 1. The lowest BCUT2D eigenvalue weighted by atomic mass is 9.80. The predicted octanol–water partition coefficient (Wildman–Crippen LogP) is -1.74. The normalized spacial score (nSPS) is 25.6. The van der Waals surface area contributed by atoms with Crippen molar-refractivity contribution in [3.05, 3.63) is 35.9 Å². The maximum absolute atomic E-state index is 12.3. The van der Waals surface area contributed by atoms with Gasteiger partial charge >= 0.3 is 5.97 Å². The zero-order valence-corrected chi connectivity index (χ0v) is 13.9. The van der Waals surface area contributed by atoms with Crippen molar-refractivity contribution >= 4 is 5.97 Å². The van der Waals surface area contributed by atoms with Crippen molar-refractivity contribution in [1.82, 2.24) is 0 Å². The molecule has 1 aromatic carbocycles. The molecule has 20 heavy (non-hydrogen) atoms. The maximum Gasteiger partial charge on any atom is 0.315 e. The first-order valence-electron chi connectivity index (χ1n) is 7.25. The summed E-state index contributed by atoms with van der Waals surface area (Å²) >= 11 is 0. The molecule has 1 N–H and O–H groups in total. The molecule has 0 aliphatic carbocycles. The summed E-state index contributed by atoms with van der Waals surface area (Å²) in [7, 11) is 2.15. The first-order chi connectivity index (χ1) is 9.22. The minimum Gasteiger partial charge on any atom is -1.00 e. The van der Waals surface area contributed by atoms with Gasteiger partial charge in [0.2, 0.25) is 0 Å². The van der Waals surface area contributed by atoms with Crippen molar-refractivity contribution in [1.29, 1.82) is 0 Å². The number of nitrogens with one attached hydrogen (secondary N) is 1. The van der Waals surface area contributed by atoms with Crippen molar-refractivity contribution in [3.8, 4) is 0 Å². The molecular weight excluding hydrogens is 318 g/mol. The van der Waals surface area contributed by atoms with E-state index in [0.717, 1.165) is 25.9 Å². The third-order valence-corrected chi connectivity index (χ3v) is 3.92. The number of benzene rings is 1. The van der Waals surface area contributed by atoms with E-state index in [1.54, 1.807) is 0 Å². The van der Waals surface area contributed by atoms with Crippen LogP contribution < -0.4 is 21.9 Å². The third kappa shape index (κ3) is 4.32. The van der Waals surface area contributed by atoms with E-state index in [0.29, 0.717) is 12.5 Å². The predicted molar refractivity (Wildman–Crippen MR) is 75.2 cm³/mol. The molecule has 3 unspecified atom stereocenters. The van der Waals surface area contributed by atoms with Gasteiger partial charge in [-0.3, -0.25) is 4.79 Å². The van der Waals surface area contributed by atoms with Crippen LogP contribution in [0.3, 0.4) is 0 Å². The van der Waals surface area contributed by atoms with Gasteiger partial charge in [-0.15, -0.1) is 0 Å². The Morgan fingerprint density at radius 3 is 2.70 bits per heavy atom. The number of piperidine rings is 1. The Morgan fingerprint density at radius 2 is 2.05 bits per heavy atom. The van der Waals surface area contributed by atoms with Gasteiger partial charge in [-0.05, 0) is 12.0 Å². The molecule has 112 valence electrons. The van der Waals surface area contributed by atoms with Crippen LogP contribution in [0, 0.1) is 5.92 Å². The Morgan fingerprint density at radius 1 is 1.35 bits per heavy atom. The number of halogens is 1. The summed E-state index contributed by atoms with van der Waals surface area (Å²) < 4.78 is 5.38. The van der Waals surface area contributed by atoms with Crippen molar-refractivity contribution in [3.63, 3.8) is 0 Å². The molecule has 1 aliphatic heterocycles. The highest BCUT2D eigenvalue weighted by molar-refractivity contribution is 5.74. The fourth-order valence-electron chi connectivity index (χ4n) is 2.88. The first-order valence-corrected chi connectivity index (χ1v) is 7.25. The van der Waals surface area contributed by atoms with Gasteiger partial charge in [0.1, 0.15) is 5.92 Å². The molecule has 0 saturated carbocycles. The summed E-state index contributed by atoms with van der Waals surface area (Å²) in [6.07, 6.45) is 1.94. The molecule has 1 aromatic rings. The highest BCUT2D eigenvalue weighted by atomic mass is 79.9. The van der Waals surface area contributed by atoms with Crippen molar-refractivity contribution in [2.24, 2.45) is 5.92 Å². The Kier molecular flexibility index (Phi) is 7.24. The second-order valence-electron chi connectivity index (χ2n) is 5.49. The highest BCUT2D eigenvalue weighted by Crippen LogP contribution is 2.29. The number of hydrogen-bond donors (Lipinski definition) is 1. The summed E-state index contributed by atoms with van der Waals surface area (Å²) in [6.45, 7) is 4.56. The lowest BCUT2D eigenvalue weighted by molar-refractivity contribution is -0.888.